The van der Waals surface area contributed by atoms with Crippen molar-refractivity contribution in [3.8, 4) is 0 Å². The van der Waals surface area contributed by atoms with Gasteiger partial charge in [0.1, 0.15) is 0 Å². The van der Waals surface area contributed by atoms with E-state index in [1.807, 2.05) is 30.3 Å². The zero-order valence-electron chi connectivity index (χ0n) is 12.7. The maximum atomic E-state index is 12.5. The van der Waals surface area contributed by atoms with Gasteiger partial charge in [-0.3, -0.25) is 9.78 Å². The van der Waals surface area contributed by atoms with Crippen LogP contribution in [0.1, 0.15) is 17.0 Å². The van der Waals surface area contributed by atoms with Crippen LogP contribution in [-0.4, -0.2) is 29.0 Å². The number of hydrogen-bond acceptors (Lipinski definition) is 2. The molecule has 24 heavy (non-hydrogen) atoms. The summed E-state index contributed by atoms with van der Waals surface area (Å²) in [5.41, 5.74) is 1.68. The van der Waals surface area contributed by atoms with Crippen LogP contribution < -0.4 is 0 Å². The molecule has 1 atom stereocenters. The minimum absolute atomic E-state index is 0.324. The fourth-order valence-corrected chi connectivity index (χ4v) is 2.39. The van der Waals surface area contributed by atoms with Crippen molar-refractivity contribution in [1.29, 1.82) is 0 Å². The predicted molar refractivity (Wildman–Crippen MR) is 88.2 cm³/mol. The van der Waals surface area contributed by atoms with Gasteiger partial charge in [-0.25, -0.2) is 0 Å². The van der Waals surface area contributed by atoms with E-state index >= 15 is 0 Å². The first-order valence-electron chi connectivity index (χ1n) is 6.96. The molecule has 0 aliphatic rings. The number of amides is 1. The molecule has 1 heterocycles. The van der Waals surface area contributed by atoms with Crippen LogP contribution in [0.4, 0.5) is 13.2 Å². The number of allylic oxidation sites excluding steroid dienone is 1. The second kappa shape index (κ2) is 7.61. The first kappa shape index (κ1) is 18.2. The van der Waals surface area contributed by atoms with Crippen molar-refractivity contribution in [3.63, 3.8) is 0 Å². The lowest BCUT2D eigenvalue weighted by Crippen LogP contribution is -2.35. The summed E-state index contributed by atoms with van der Waals surface area (Å²) >= 11 is 3.35. The summed E-state index contributed by atoms with van der Waals surface area (Å²) in [6.07, 6.45) is 1.04. The monoisotopic (exact) mass is 398 g/mol. The Balaban J connectivity index is 2.32. The molecular formula is C17H14BrF3N2O. The van der Waals surface area contributed by atoms with Crippen LogP contribution in [0.2, 0.25) is 0 Å². The first-order valence-corrected chi connectivity index (χ1v) is 7.76. The fourth-order valence-electron chi connectivity index (χ4n) is 2.13. The molecule has 1 unspecified atom stereocenters. The van der Waals surface area contributed by atoms with Gasteiger partial charge < -0.3 is 4.90 Å². The van der Waals surface area contributed by atoms with Gasteiger partial charge in [0.05, 0.1) is 0 Å². The lowest BCUT2D eigenvalue weighted by Gasteiger charge is -2.17. The summed E-state index contributed by atoms with van der Waals surface area (Å²) in [5.74, 6) is -2.24. The normalized spacial score (nSPS) is 13.0. The minimum atomic E-state index is -4.90. The Hall–Kier alpha value is -2.15. The van der Waals surface area contributed by atoms with Crippen LogP contribution in [0.5, 0.6) is 0 Å². The number of benzene rings is 1. The van der Waals surface area contributed by atoms with Gasteiger partial charge in [-0.2, -0.15) is 13.2 Å². The number of halogens is 4. The first-order chi connectivity index (χ1) is 11.3. The van der Waals surface area contributed by atoms with E-state index in [-0.39, 0.29) is 5.92 Å². The van der Waals surface area contributed by atoms with Gasteiger partial charge in [0, 0.05) is 36.0 Å². The summed E-state index contributed by atoms with van der Waals surface area (Å²) in [7, 11) is 1.08. The van der Waals surface area contributed by atoms with E-state index in [0.29, 0.717) is 4.90 Å². The molecule has 126 valence electrons. The molecule has 2 rings (SSSR count). The smallest absolute Gasteiger partial charge is 0.315 e. The second-order valence-corrected chi connectivity index (χ2v) is 5.99. The summed E-state index contributed by atoms with van der Waals surface area (Å²) in [6, 6.07) is 11.0. The number of rotatable bonds is 4. The van der Waals surface area contributed by atoms with Crippen molar-refractivity contribution < 1.29 is 18.0 Å². The van der Waals surface area contributed by atoms with Gasteiger partial charge in [-0.15, -0.1) is 0 Å². The third-order valence-electron chi connectivity index (χ3n) is 3.34. The molecule has 7 heteroatoms. The molecule has 1 aromatic heterocycles. The van der Waals surface area contributed by atoms with E-state index in [4.69, 9.17) is 0 Å². The molecule has 0 aliphatic heterocycles. The number of carbonyl (C=O) groups excluding carboxylic acids is 1. The molecule has 0 N–H and O–H groups in total. The highest BCUT2D eigenvalue weighted by atomic mass is 79.9. The predicted octanol–water partition coefficient (Wildman–Crippen LogP) is 4.51. The second-order valence-electron chi connectivity index (χ2n) is 5.07. The molecule has 0 saturated carbocycles. The number of alkyl halides is 3. The summed E-state index contributed by atoms with van der Waals surface area (Å²) in [6.45, 7) is 0. The van der Waals surface area contributed by atoms with Gasteiger partial charge >= 0.3 is 12.1 Å². The average Bonchev–Trinajstić information content (AvgIpc) is 2.56. The number of nitrogens with zero attached hydrogens (tertiary/aromatic N) is 2. The molecule has 1 aromatic carbocycles. The zero-order valence-corrected chi connectivity index (χ0v) is 14.3. The Kier molecular flexibility index (Phi) is 5.77. The number of hydrogen-bond donors (Lipinski definition) is 0. The van der Waals surface area contributed by atoms with Crippen molar-refractivity contribution in [3.05, 3.63) is 76.7 Å². The summed E-state index contributed by atoms with van der Waals surface area (Å²) < 4.78 is 38.3. The van der Waals surface area contributed by atoms with Crippen LogP contribution >= 0.6 is 15.9 Å². The Labute approximate surface area is 145 Å². The molecule has 0 saturated heterocycles. The number of pyridine rings is 1. The van der Waals surface area contributed by atoms with Gasteiger partial charge in [0.15, 0.2) is 0 Å². The molecule has 0 fully saturated rings. The lowest BCUT2D eigenvalue weighted by atomic mass is 9.92. The molecule has 3 nitrogen and oxygen atoms in total. The molecule has 0 spiro atoms. The van der Waals surface area contributed by atoms with Crippen molar-refractivity contribution in [2.75, 3.05) is 7.05 Å². The SMILES string of the molecule is CN(C=CC(c1ccc(Br)cc1)c1cccnc1)C(=O)C(F)(F)F. The van der Waals surface area contributed by atoms with E-state index < -0.39 is 12.1 Å². The maximum absolute atomic E-state index is 12.5. The van der Waals surface area contributed by atoms with Gasteiger partial charge in [0.25, 0.3) is 0 Å². The van der Waals surface area contributed by atoms with Crippen LogP contribution in [0.15, 0.2) is 65.5 Å². The van der Waals surface area contributed by atoms with Crippen LogP contribution in [-0.2, 0) is 4.79 Å². The van der Waals surface area contributed by atoms with Gasteiger partial charge in [-0.05, 0) is 29.3 Å². The van der Waals surface area contributed by atoms with E-state index in [0.717, 1.165) is 28.8 Å². The van der Waals surface area contributed by atoms with Crippen molar-refractivity contribution in [2.24, 2.45) is 0 Å². The molecule has 0 bridgehead atoms. The fraction of sp³-hybridized carbons (Fsp3) is 0.176. The molecule has 0 aliphatic carbocycles. The highest BCUT2D eigenvalue weighted by Gasteiger charge is 2.40. The highest BCUT2D eigenvalue weighted by molar-refractivity contribution is 9.10. The average molecular weight is 399 g/mol. The third-order valence-corrected chi connectivity index (χ3v) is 3.87. The van der Waals surface area contributed by atoms with Crippen molar-refractivity contribution in [2.45, 2.75) is 12.1 Å². The van der Waals surface area contributed by atoms with E-state index in [1.54, 1.807) is 24.5 Å². The minimum Gasteiger partial charge on any atom is -0.315 e. The Morgan fingerprint density at radius 3 is 2.42 bits per heavy atom. The molecular weight excluding hydrogens is 385 g/mol. The number of carbonyl (C=O) groups is 1. The Morgan fingerprint density at radius 2 is 1.88 bits per heavy atom. The topological polar surface area (TPSA) is 33.2 Å². The number of aromatic nitrogens is 1. The quantitative estimate of drug-likeness (QED) is 0.758. The highest BCUT2D eigenvalue weighted by Crippen LogP contribution is 2.27. The largest absolute Gasteiger partial charge is 0.471 e. The van der Waals surface area contributed by atoms with E-state index in [2.05, 4.69) is 20.9 Å². The van der Waals surface area contributed by atoms with Gasteiger partial charge in [0.2, 0.25) is 0 Å². The van der Waals surface area contributed by atoms with Crippen LogP contribution in [0.25, 0.3) is 0 Å². The Bertz CT molecular complexity index is 715. The van der Waals surface area contributed by atoms with Crippen LogP contribution in [0.3, 0.4) is 0 Å². The maximum Gasteiger partial charge on any atom is 0.471 e. The van der Waals surface area contributed by atoms with Crippen molar-refractivity contribution >= 4 is 21.8 Å². The van der Waals surface area contributed by atoms with E-state index in [1.165, 1.54) is 0 Å². The standard InChI is InChI=1S/C17H14BrF3N2O/c1-23(16(24)17(19,20)21)10-8-15(13-3-2-9-22-11-13)12-4-6-14(18)7-5-12/h2-11,15H,1H3. The molecule has 2 aromatic rings. The zero-order chi connectivity index (χ0) is 17.7. The van der Waals surface area contributed by atoms with Gasteiger partial charge in [-0.1, -0.05) is 40.2 Å². The molecule has 0 radical (unpaired) electrons. The summed E-state index contributed by atoms with van der Waals surface area (Å²) in [4.78, 5) is 15.8. The van der Waals surface area contributed by atoms with Crippen LogP contribution in [0, 0.1) is 0 Å². The summed E-state index contributed by atoms with van der Waals surface area (Å²) in [5, 5.41) is 0. The third kappa shape index (κ3) is 4.67. The van der Waals surface area contributed by atoms with Crippen molar-refractivity contribution in [1.82, 2.24) is 9.88 Å². The molecule has 1 amide bonds. The van der Waals surface area contributed by atoms with E-state index in [9.17, 15) is 18.0 Å². The lowest BCUT2D eigenvalue weighted by molar-refractivity contribution is -0.181. The Morgan fingerprint density at radius 1 is 1.21 bits per heavy atom.